The third-order valence-corrected chi connectivity index (χ3v) is 4.36. The van der Waals surface area contributed by atoms with E-state index in [0.29, 0.717) is 24.2 Å². The first kappa shape index (κ1) is 22.8. The van der Waals surface area contributed by atoms with Gasteiger partial charge in [-0.1, -0.05) is 64.7 Å². The first-order chi connectivity index (χ1) is 11.0. The van der Waals surface area contributed by atoms with Gasteiger partial charge in [0.25, 0.3) is 0 Å². The molecule has 2 N–H and O–H groups in total. The van der Waals surface area contributed by atoms with Crippen LogP contribution in [-0.4, -0.2) is 67.8 Å². The summed E-state index contributed by atoms with van der Waals surface area (Å²) in [7, 11) is 4.03. The molecule has 0 aliphatic carbocycles. The minimum absolute atomic E-state index is 0.152. The summed E-state index contributed by atoms with van der Waals surface area (Å²) >= 11 is 0. The van der Waals surface area contributed by atoms with Gasteiger partial charge >= 0.3 is 0 Å². The molecule has 0 aromatic carbocycles. The van der Waals surface area contributed by atoms with Crippen molar-refractivity contribution in [1.29, 1.82) is 0 Å². The minimum atomic E-state index is -0.445. The predicted octanol–water partition coefficient (Wildman–Crippen LogP) is 3.35. The van der Waals surface area contributed by atoms with E-state index in [1.165, 1.54) is 57.8 Å². The molecule has 1 unspecified atom stereocenters. The summed E-state index contributed by atoms with van der Waals surface area (Å²) < 4.78 is 6.19. The zero-order chi connectivity index (χ0) is 17.4. The van der Waals surface area contributed by atoms with Gasteiger partial charge in [-0.25, -0.2) is 0 Å². The molecule has 0 aliphatic rings. The van der Waals surface area contributed by atoms with Crippen LogP contribution in [0.5, 0.6) is 0 Å². The molecule has 4 heteroatoms. The van der Waals surface area contributed by atoms with E-state index in [4.69, 9.17) is 9.84 Å². The van der Waals surface area contributed by atoms with Gasteiger partial charge in [0.2, 0.25) is 0 Å². The normalized spacial score (nSPS) is 13.4. The van der Waals surface area contributed by atoms with Crippen molar-refractivity contribution >= 4 is 0 Å². The standard InChI is InChI=1S/C19H42NO3/c1-4-5-6-7-8-9-10-11-12-13-16-23-18-19(22)17-20(2,3)14-15-21/h19,21-22H,4-18H2,1-3H3/q+1. The smallest absolute Gasteiger partial charge is 0.126 e. The lowest BCUT2D eigenvalue weighted by molar-refractivity contribution is -0.893. The fourth-order valence-corrected chi connectivity index (χ4v) is 2.90. The number of likely N-dealkylation sites (N-methyl/N-ethyl adjacent to an activating group) is 1. The van der Waals surface area contributed by atoms with Gasteiger partial charge in [0.1, 0.15) is 19.2 Å². The molecule has 0 spiro atoms. The Balaban J connectivity index is 3.29. The number of hydrogen-bond acceptors (Lipinski definition) is 3. The number of aliphatic hydroxyl groups excluding tert-OH is 2. The number of ether oxygens (including phenoxy) is 1. The zero-order valence-corrected chi connectivity index (χ0v) is 15.9. The summed E-state index contributed by atoms with van der Waals surface area (Å²) in [5.74, 6) is 0. The van der Waals surface area contributed by atoms with Crippen molar-refractivity contribution in [3.05, 3.63) is 0 Å². The number of aliphatic hydroxyl groups is 2. The van der Waals surface area contributed by atoms with Crippen molar-refractivity contribution < 1.29 is 19.4 Å². The average molecular weight is 333 g/mol. The maximum absolute atomic E-state index is 9.95. The predicted molar refractivity (Wildman–Crippen MR) is 97.6 cm³/mol. The van der Waals surface area contributed by atoms with Crippen molar-refractivity contribution in [2.24, 2.45) is 0 Å². The van der Waals surface area contributed by atoms with Crippen molar-refractivity contribution in [2.45, 2.75) is 77.2 Å². The van der Waals surface area contributed by atoms with Gasteiger partial charge in [0.15, 0.2) is 0 Å². The Bertz CT molecular complexity index is 247. The highest BCUT2D eigenvalue weighted by atomic mass is 16.5. The van der Waals surface area contributed by atoms with E-state index in [-0.39, 0.29) is 6.61 Å². The highest BCUT2D eigenvalue weighted by Gasteiger charge is 2.19. The zero-order valence-electron chi connectivity index (χ0n) is 15.9. The molecule has 0 heterocycles. The van der Waals surface area contributed by atoms with Crippen LogP contribution in [0.4, 0.5) is 0 Å². The summed E-state index contributed by atoms with van der Waals surface area (Å²) in [5.41, 5.74) is 0. The van der Waals surface area contributed by atoms with Crippen molar-refractivity contribution in [1.82, 2.24) is 0 Å². The van der Waals surface area contributed by atoms with E-state index < -0.39 is 6.10 Å². The van der Waals surface area contributed by atoms with Gasteiger partial charge in [-0.15, -0.1) is 0 Å². The lowest BCUT2D eigenvalue weighted by Crippen LogP contribution is -2.48. The van der Waals surface area contributed by atoms with E-state index in [2.05, 4.69) is 6.92 Å². The van der Waals surface area contributed by atoms with Gasteiger partial charge in [0, 0.05) is 6.61 Å². The van der Waals surface area contributed by atoms with E-state index in [9.17, 15) is 5.11 Å². The Hall–Kier alpha value is -0.160. The first-order valence-electron chi connectivity index (χ1n) is 9.70. The van der Waals surface area contributed by atoms with E-state index in [1.54, 1.807) is 0 Å². The number of rotatable bonds is 17. The van der Waals surface area contributed by atoms with Crippen LogP contribution in [0.1, 0.15) is 71.1 Å². The maximum Gasteiger partial charge on any atom is 0.126 e. The molecule has 0 saturated carbocycles. The second-order valence-corrected chi connectivity index (χ2v) is 7.48. The molecule has 0 fully saturated rings. The van der Waals surface area contributed by atoms with Crippen LogP contribution in [0.25, 0.3) is 0 Å². The molecular formula is C19H42NO3+. The Morgan fingerprint density at radius 2 is 1.39 bits per heavy atom. The van der Waals surface area contributed by atoms with Crippen LogP contribution in [-0.2, 0) is 4.74 Å². The van der Waals surface area contributed by atoms with Gasteiger partial charge in [-0.2, -0.15) is 0 Å². The first-order valence-corrected chi connectivity index (χ1v) is 9.70. The summed E-state index contributed by atoms with van der Waals surface area (Å²) in [6, 6.07) is 0. The van der Waals surface area contributed by atoms with E-state index >= 15 is 0 Å². The third kappa shape index (κ3) is 16.5. The van der Waals surface area contributed by atoms with Crippen LogP contribution in [0.15, 0.2) is 0 Å². The fourth-order valence-electron chi connectivity index (χ4n) is 2.90. The quantitative estimate of drug-likeness (QED) is 0.317. The van der Waals surface area contributed by atoms with E-state index in [1.807, 2.05) is 14.1 Å². The molecular weight excluding hydrogens is 290 g/mol. The van der Waals surface area contributed by atoms with Gasteiger partial charge in [-0.05, 0) is 6.42 Å². The van der Waals surface area contributed by atoms with Gasteiger partial charge in [-0.3, -0.25) is 0 Å². The molecule has 0 saturated heterocycles. The lowest BCUT2D eigenvalue weighted by atomic mass is 10.1. The minimum Gasteiger partial charge on any atom is -0.391 e. The largest absolute Gasteiger partial charge is 0.391 e. The molecule has 0 aromatic rings. The highest BCUT2D eigenvalue weighted by Crippen LogP contribution is 2.10. The summed E-state index contributed by atoms with van der Waals surface area (Å²) in [6.45, 7) is 4.86. The van der Waals surface area contributed by atoms with Gasteiger partial charge in [0.05, 0.1) is 27.3 Å². The Kier molecular flexibility index (Phi) is 15.3. The van der Waals surface area contributed by atoms with Gasteiger partial charge < -0.3 is 19.4 Å². The Morgan fingerprint density at radius 3 is 1.91 bits per heavy atom. The summed E-state index contributed by atoms with van der Waals surface area (Å²) in [4.78, 5) is 0. The average Bonchev–Trinajstić information content (AvgIpc) is 2.47. The van der Waals surface area contributed by atoms with Crippen molar-refractivity contribution in [2.75, 3.05) is 47.0 Å². The summed E-state index contributed by atoms with van der Waals surface area (Å²) in [6.07, 6.45) is 12.8. The molecule has 0 bridgehead atoms. The summed E-state index contributed by atoms with van der Waals surface area (Å²) in [5, 5.41) is 18.9. The molecule has 0 aromatic heterocycles. The molecule has 1 atom stereocenters. The van der Waals surface area contributed by atoms with Crippen molar-refractivity contribution in [3.63, 3.8) is 0 Å². The molecule has 4 nitrogen and oxygen atoms in total. The Morgan fingerprint density at radius 1 is 0.870 bits per heavy atom. The molecule has 0 amide bonds. The third-order valence-electron chi connectivity index (χ3n) is 4.36. The monoisotopic (exact) mass is 332 g/mol. The molecule has 23 heavy (non-hydrogen) atoms. The highest BCUT2D eigenvalue weighted by molar-refractivity contribution is 4.53. The molecule has 140 valence electrons. The molecule has 0 aliphatic heterocycles. The number of quaternary nitrogens is 1. The van der Waals surface area contributed by atoms with Crippen molar-refractivity contribution in [3.8, 4) is 0 Å². The Labute approximate surface area is 144 Å². The van der Waals surface area contributed by atoms with E-state index in [0.717, 1.165) is 13.0 Å². The lowest BCUT2D eigenvalue weighted by Gasteiger charge is -2.31. The second-order valence-electron chi connectivity index (χ2n) is 7.48. The van der Waals surface area contributed by atoms with Crippen LogP contribution in [0.2, 0.25) is 0 Å². The molecule has 0 radical (unpaired) electrons. The molecule has 0 rings (SSSR count). The number of nitrogens with zero attached hydrogens (tertiary/aromatic N) is 1. The van der Waals surface area contributed by atoms with Crippen LogP contribution in [0.3, 0.4) is 0 Å². The number of unbranched alkanes of at least 4 members (excludes halogenated alkanes) is 9. The fraction of sp³-hybridized carbons (Fsp3) is 1.00. The van der Waals surface area contributed by atoms with Crippen LogP contribution >= 0.6 is 0 Å². The SMILES string of the molecule is CCCCCCCCCCCCOCC(O)C[N+](C)(C)CCO. The second kappa shape index (κ2) is 15.4. The maximum atomic E-state index is 9.95. The topological polar surface area (TPSA) is 49.7 Å². The van der Waals surface area contributed by atoms with Crippen LogP contribution < -0.4 is 0 Å². The number of hydrogen-bond donors (Lipinski definition) is 2. The van der Waals surface area contributed by atoms with Crippen LogP contribution in [0, 0.1) is 0 Å².